The number of hydrogen-bond donors (Lipinski definition) is 0. The molecule has 1 atom stereocenters. The summed E-state index contributed by atoms with van der Waals surface area (Å²) < 4.78 is 29.0. The van der Waals surface area contributed by atoms with Gasteiger partial charge in [-0.2, -0.15) is 26.7 Å². The highest BCUT2D eigenvalue weighted by molar-refractivity contribution is 7.59. The van der Waals surface area contributed by atoms with Gasteiger partial charge in [-0.05, 0) is 32.9 Å². The van der Waals surface area contributed by atoms with Crippen molar-refractivity contribution in [2.45, 2.75) is 51.7 Å². The molecule has 0 aromatic heterocycles. The van der Waals surface area contributed by atoms with E-state index in [1.54, 1.807) is 0 Å². The Balaban J connectivity index is 0. The lowest BCUT2D eigenvalue weighted by Gasteiger charge is -2.18. The highest BCUT2D eigenvalue weighted by Crippen LogP contribution is 2.19. The molecule has 0 aromatic rings. The fourth-order valence-electron chi connectivity index (χ4n) is 1.78. The van der Waals surface area contributed by atoms with E-state index in [4.69, 9.17) is 0 Å². The Bertz CT molecular complexity index is 133. The van der Waals surface area contributed by atoms with Gasteiger partial charge in [0.2, 0.25) is 0 Å². The molecule has 0 aromatic carbocycles. The van der Waals surface area contributed by atoms with Gasteiger partial charge in [-0.3, -0.25) is 0 Å². The van der Waals surface area contributed by atoms with Gasteiger partial charge in [-0.1, -0.05) is 19.8 Å². The summed E-state index contributed by atoms with van der Waals surface area (Å²) in [6, 6.07) is 0.917. The lowest BCUT2D eigenvalue weighted by atomic mass is 10.1. The molecule has 1 heterocycles. The summed E-state index contributed by atoms with van der Waals surface area (Å²) in [5.74, 6) is 0. The first-order valence-electron chi connectivity index (χ1n) is 5.20. The minimum absolute atomic E-state index is 0. The smallest absolute Gasteiger partial charge is 0.303 e. The van der Waals surface area contributed by atoms with Crippen LogP contribution in [0.3, 0.4) is 0 Å². The average molecular weight is 245 g/mol. The van der Waals surface area contributed by atoms with E-state index in [1.807, 2.05) is 0 Å². The van der Waals surface area contributed by atoms with Crippen molar-refractivity contribution in [3.63, 3.8) is 0 Å². The van der Waals surface area contributed by atoms with Gasteiger partial charge in [0.15, 0.2) is 0 Å². The molecule has 0 bridgehead atoms. The predicted molar refractivity (Wildman–Crippen MR) is 62.7 cm³/mol. The van der Waals surface area contributed by atoms with Gasteiger partial charge < -0.3 is 4.90 Å². The van der Waals surface area contributed by atoms with Gasteiger partial charge in [0.25, 0.3) is 0 Å². The zero-order valence-electron chi connectivity index (χ0n) is 9.48. The molecule has 1 saturated heterocycles. The number of likely N-dealkylation sites (tertiary alicyclic amines) is 1. The number of halogens is 3. The Kier molecular flexibility index (Phi) is 12.4. The van der Waals surface area contributed by atoms with Crippen molar-refractivity contribution in [1.29, 1.82) is 0 Å². The Morgan fingerprint density at radius 1 is 1.33 bits per heavy atom. The fourth-order valence-corrected chi connectivity index (χ4v) is 1.78. The van der Waals surface area contributed by atoms with Crippen LogP contribution in [0.15, 0.2) is 0 Å². The Morgan fingerprint density at radius 3 is 2.20 bits per heavy atom. The highest BCUT2D eigenvalue weighted by Gasteiger charge is 2.19. The van der Waals surface area contributed by atoms with Crippen LogP contribution in [0.5, 0.6) is 0 Å². The molecule has 94 valence electrons. The summed E-state index contributed by atoms with van der Waals surface area (Å²) in [6.45, 7) is -0.0661. The first kappa shape index (κ1) is 17.5. The Morgan fingerprint density at radius 2 is 1.87 bits per heavy atom. The fraction of sp³-hybridized carbons (Fsp3) is 1.00. The largest absolute Gasteiger partial charge is 0.379 e. The van der Waals surface area contributed by atoms with Gasteiger partial charge in [0.1, 0.15) is 0 Å². The third-order valence-electron chi connectivity index (χ3n) is 2.56. The van der Waals surface area contributed by atoms with E-state index < -0.39 is 6.68 Å². The summed E-state index contributed by atoms with van der Waals surface area (Å²) in [5.41, 5.74) is 0. The second kappa shape index (κ2) is 10.6. The topological polar surface area (TPSA) is 3.24 Å². The minimum Gasteiger partial charge on any atom is -0.303 e. The maximum atomic E-state index is 9.67. The molecule has 1 nitrogen and oxygen atoms in total. The molecule has 1 aliphatic rings. The first-order chi connectivity index (χ1) is 6.57. The number of unbranched alkanes of at least 4 members (excludes halogenated alkanes) is 1. The maximum absolute atomic E-state index is 9.67. The van der Waals surface area contributed by atoms with E-state index in [0.717, 1.165) is 6.04 Å². The van der Waals surface area contributed by atoms with Crippen LogP contribution in [0.1, 0.15) is 39.0 Å². The van der Waals surface area contributed by atoms with Crippen LogP contribution in [0.25, 0.3) is 0 Å². The maximum Gasteiger partial charge on any atom is 0.379 e. The molecule has 1 fully saturated rings. The quantitative estimate of drug-likeness (QED) is 0.735. The second-order valence-corrected chi connectivity index (χ2v) is 3.67. The zero-order chi connectivity index (χ0) is 11.0. The van der Waals surface area contributed by atoms with Crippen LogP contribution in [0.4, 0.5) is 13.2 Å². The van der Waals surface area contributed by atoms with Crippen molar-refractivity contribution in [3.05, 3.63) is 0 Å². The van der Waals surface area contributed by atoms with Gasteiger partial charge in [0, 0.05) is 6.04 Å². The van der Waals surface area contributed by atoms with E-state index in [1.165, 1.54) is 38.6 Å². The molecule has 1 aliphatic heterocycles. The molecular formula is C10H22F3NS. The van der Waals surface area contributed by atoms with E-state index in [-0.39, 0.29) is 13.5 Å². The van der Waals surface area contributed by atoms with Crippen LogP contribution in [0, 0.1) is 0 Å². The third-order valence-corrected chi connectivity index (χ3v) is 2.56. The van der Waals surface area contributed by atoms with E-state index in [0.29, 0.717) is 0 Å². The molecular weight excluding hydrogens is 223 g/mol. The van der Waals surface area contributed by atoms with E-state index in [9.17, 15) is 13.2 Å². The normalized spacial score (nSPS) is 20.8. The van der Waals surface area contributed by atoms with Gasteiger partial charge in [0.05, 0.1) is 0 Å². The van der Waals surface area contributed by atoms with Gasteiger partial charge >= 0.3 is 6.68 Å². The average Bonchev–Trinajstić information content (AvgIpc) is 2.47. The predicted octanol–water partition coefficient (Wildman–Crippen LogP) is 3.56. The third kappa shape index (κ3) is 10.4. The van der Waals surface area contributed by atoms with Gasteiger partial charge in [-0.25, -0.2) is 0 Å². The SMILES string of the molecule is CCCCC1CCCN1C.FC(F)F.S. The highest BCUT2D eigenvalue weighted by atomic mass is 32.1. The van der Waals surface area contributed by atoms with Crippen LogP contribution in [0.2, 0.25) is 0 Å². The molecule has 5 heteroatoms. The summed E-state index contributed by atoms with van der Waals surface area (Å²) >= 11 is 0. The summed E-state index contributed by atoms with van der Waals surface area (Å²) in [4.78, 5) is 2.51. The summed E-state index contributed by atoms with van der Waals surface area (Å²) in [6.07, 6.45) is 7.05. The standard InChI is InChI=1S/C9H19N.CHF3.H2S/c1-3-4-6-9-7-5-8-10(9)2;2-1(3)4;/h9H,3-8H2,1-2H3;1H;1H2. The van der Waals surface area contributed by atoms with Crippen molar-refractivity contribution in [3.8, 4) is 0 Å². The Hall–Kier alpha value is 0.100. The zero-order valence-corrected chi connectivity index (χ0v) is 10.5. The number of alkyl halides is 3. The molecule has 15 heavy (non-hydrogen) atoms. The van der Waals surface area contributed by atoms with Crippen molar-refractivity contribution in [2.24, 2.45) is 0 Å². The van der Waals surface area contributed by atoms with Crippen molar-refractivity contribution in [2.75, 3.05) is 13.6 Å². The molecule has 1 rings (SSSR count). The Labute approximate surface area is 97.5 Å². The lowest BCUT2D eigenvalue weighted by Crippen LogP contribution is -2.24. The van der Waals surface area contributed by atoms with Gasteiger partial charge in [-0.15, -0.1) is 0 Å². The minimum atomic E-state index is -3.67. The van der Waals surface area contributed by atoms with Crippen molar-refractivity contribution < 1.29 is 13.2 Å². The second-order valence-electron chi connectivity index (χ2n) is 3.67. The molecule has 1 unspecified atom stereocenters. The lowest BCUT2D eigenvalue weighted by molar-refractivity contribution is 0.00819. The number of rotatable bonds is 3. The van der Waals surface area contributed by atoms with Crippen LogP contribution in [-0.2, 0) is 0 Å². The molecule has 0 spiro atoms. The summed E-state index contributed by atoms with van der Waals surface area (Å²) in [7, 11) is 2.26. The molecule has 0 radical (unpaired) electrons. The van der Waals surface area contributed by atoms with E-state index >= 15 is 0 Å². The number of nitrogens with zero attached hydrogens (tertiary/aromatic N) is 1. The molecule has 0 aliphatic carbocycles. The van der Waals surface area contributed by atoms with E-state index in [2.05, 4.69) is 18.9 Å². The summed E-state index contributed by atoms with van der Waals surface area (Å²) in [5, 5.41) is 0. The van der Waals surface area contributed by atoms with Crippen molar-refractivity contribution >= 4 is 13.5 Å². The van der Waals surface area contributed by atoms with Crippen LogP contribution < -0.4 is 0 Å². The first-order valence-corrected chi connectivity index (χ1v) is 5.20. The van der Waals surface area contributed by atoms with Crippen molar-refractivity contribution in [1.82, 2.24) is 4.90 Å². The number of hydrogen-bond acceptors (Lipinski definition) is 1. The van der Waals surface area contributed by atoms with Crippen LogP contribution in [-0.4, -0.2) is 31.2 Å². The molecule has 0 saturated carbocycles. The molecule has 0 N–H and O–H groups in total. The van der Waals surface area contributed by atoms with Crippen LogP contribution >= 0.6 is 13.5 Å². The molecule has 0 amide bonds. The monoisotopic (exact) mass is 245 g/mol.